The number of rotatable bonds is 7. The van der Waals surface area contributed by atoms with Crippen LogP contribution < -0.4 is 10.5 Å². The second kappa shape index (κ2) is 6.75. The first-order valence-corrected chi connectivity index (χ1v) is 6.08. The van der Waals surface area contributed by atoms with Crippen molar-refractivity contribution in [3.8, 4) is 5.75 Å². The third kappa shape index (κ3) is 4.38. The molecule has 0 unspecified atom stereocenters. The van der Waals surface area contributed by atoms with Crippen molar-refractivity contribution < 1.29 is 22.3 Å². The fourth-order valence-electron chi connectivity index (χ4n) is 1.65. The minimum atomic E-state index is -4.51. The largest absolute Gasteiger partial charge is 0.461 e. The van der Waals surface area contributed by atoms with Crippen LogP contribution in [0.2, 0.25) is 0 Å². The number of hydrogen-bond acceptors (Lipinski definition) is 2. The zero-order chi connectivity index (χ0) is 14.5. The van der Waals surface area contributed by atoms with Gasteiger partial charge < -0.3 is 10.5 Å². The molecule has 0 fully saturated rings. The number of unbranched alkanes of at least 4 members (excludes halogenated alkanes) is 1. The lowest BCUT2D eigenvalue weighted by molar-refractivity contribution is -0.253. The Morgan fingerprint density at radius 3 is 2.47 bits per heavy atom. The van der Waals surface area contributed by atoms with E-state index in [4.69, 9.17) is 5.73 Å². The van der Waals surface area contributed by atoms with Crippen molar-refractivity contribution in [2.24, 2.45) is 5.73 Å². The van der Waals surface area contributed by atoms with Crippen molar-refractivity contribution in [1.29, 1.82) is 0 Å². The van der Waals surface area contributed by atoms with Crippen LogP contribution in [-0.2, 0) is 0 Å². The van der Waals surface area contributed by atoms with E-state index in [9.17, 15) is 17.6 Å². The minimum absolute atomic E-state index is 0.295. The summed E-state index contributed by atoms with van der Waals surface area (Å²) in [5, 5.41) is 0. The molecule has 19 heavy (non-hydrogen) atoms. The quantitative estimate of drug-likeness (QED) is 0.762. The van der Waals surface area contributed by atoms with Crippen LogP contribution in [0.1, 0.15) is 37.8 Å². The van der Waals surface area contributed by atoms with Gasteiger partial charge in [-0.3, -0.25) is 0 Å². The van der Waals surface area contributed by atoms with Gasteiger partial charge in [0, 0.05) is 11.6 Å². The van der Waals surface area contributed by atoms with Crippen LogP contribution in [0, 0.1) is 0 Å². The molecule has 1 aromatic rings. The van der Waals surface area contributed by atoms with Crippen LogP contribution >= 0.6 is 0 Å². The van der Waals surface area contributed by atoms with E-state index in [1.54, 1.807) is 6.07 Å². The zero-order valence-corrected chi connectivity index (χ0v) is 10.6. The first-order chi connectivity index (χ1) is 8.88. The molecule has 1 aromatic carbocycles. The Bertz CT molecular complexity index is 398. The Balaban J connectivity index is 2.90. The predicted molar refractivity (Wildman–Crippen MR) is 64.5 cm³/mol. The summed E-state index contributed by atoms with van der Waals surface area (Å²) >= 11 is 0. The summed E-state index contributed by atoms with van der Waals surface area (Å²) < 4.78 is 54.2. The summed E-state index contributed by atoms with van der Waals surface area (Å²) in [7, 11) is 0. The molecule has 0 saturated carbocycles. The molecule has 0 aliphatic heterocycles. The van der Waals surface area contributed by atoms with Gasteiger partial charge in [0.05, 0.1) is 0 Å². The molecule has 2 nitrogen and oxygen atoms in total. The summed E-state index contributed by atoms with van der Waals surface area (Å²) in [5.41, 5.74) is 6.18. The summed E-state index contributed by atoms with van der Waals surface area (Å²) in [6, 6.07) is 5.26. The molecule has 0 aliphatic carbocycles. The Kier molecular flexibility index (Phi) is 5.60. The third-order valence-corrected chi connectivity index (χ3v) is 2.69. The Hall–Kier alpha value is -1.30. The number of ether oxygens (including phenoxy) is 1. The SMILES string of the molecule is CCCC[C@H](N)c1ccccc1OC(F)(F)C(F)F. The van der Waals surface area contributed by atoms with Gasteiger partial charge in [0.1, 0.15) is 5.75 Å². The van der Waals surface area contributed by atoms with Gasteiger partial charge in [0.25, 0.3) is 0 Å². The molecule has 1 atom stereocenters. The van der Waals surface area contributed by atoms with E-state index in [2.05, 4.69) is 4.74 Å². The number of hydrogen-bond donors (Lipinski definition) is 1. The van der Waals surface area contributed by atoms with Crippen molar-refractivity contribution in [3.63, 3.8) is 0 Å². The lowest BCUT2D eigenvalue weighted by atomic mass is 10.0. The number of benzene rings is 1. The molecule has 2 N–H and O–H groups in total. The van der Waals surface area contributed by atoms with Crippen molar-refractivity contribution >= 4 is 0 Å². The van der Waals surface area contributed by atoms with Crippen LogP contribution in [0.5, 0.6) is 5.75 Å². The highest BCUT2D eigenvalue weighted by molar-refractivity contribution is 5.36. The lowest BCUT2D eigenvalue weighted by Gasteiger charge is -2.21. The Labute approximate surface area is 109 Å². The highest BCUT2D eigenvalue weighted by Gasteiger charge is 2.44. The molecule has 0 aliphatic rings. The molecular formula is C13H17F4NO. The van der Waals surface area contributed by atoms with Crippen LogP contribution in [0.15, 0.2) is 24.3 Å². The smallest absolute Gasteiger partial charge is 0.428 e. The number of halogens is 4. The number of para-hydroxylation sites is 1. The van der Waals surface area contributed by atoms with E-state index >= 15 is 0 Å². The first kappa shape index (κ1) is 15.8. The first-order valence-electron chi connectivity index (χ1n) is 6.08. The Morgan fingerprint density at radius 2 is 1.89 bits per heavy atom. The van der Waals surface area contributed by atoms with Crippen molar-refractivity contribution in [1.82, 2.24) is 0 Å². The fourth-order valence-corrected chi connectivity index (χ4v) is 1.65. The molecule has 0 radical (unpaired) electrons. The van der Waals surface area contributed by atoms with Gasteiger partial charge in [-0.05, 0) is 12.5 Å². The minimum Gasteiger partial charge on any atom is -0.428 e. The summed E-state index contributed by atoms with van der Waals surface area (Å²) in [6.07, 6.45) is -6.09. The van der Waals surface area contributed by atoms with Crippen LogP contribution in [0.25, 0.3) is 0 Å². The van der Waals surface area contributed by atoms with Gasteiger partial charge in [0.2, 0.25) is 0 Å². The average molecular weight is 279 g/mol. The summed E-state index contributed by atoms with van der Waals surface area (Å²) in [5.74, 6) is -0.295. The molecule has 0 heterocycles. The van der Waals surface area contributed by atoms with Crippen molar-refractivity contribution in [2.45, 2.75) is 44.8 Å². The maximum atomic E-state index is 12.9. The molecule has 0 bridgehead atoms. The second-order valence-electron chi connectivity index (χ2n) is 4.25. The lowest BCUT2D eigenvalue weighted by Crippen LogP contribution is -2.34. The molecule has 0 aromatic heterocycles. The van der Waals surface area contributed by atoms with Crippen LogP contribution in [-0.4, -0.2) is 12.5 Å². The maximum Gasteiger partial charge on any atom is 0.461 e. The molecule has 0 amide bonds. The van der Waals surface area contributed by atoms with E-state index < -0.39 is 18.6 Å². The topological polar surface area (TPSA) is 35.2 Å². The molecule has 0 spiro atoms. The second-order valence-corrected chi connectivity index (χ2v) is 4.25. The highest BCUT2D eigenvalue weighted by atomic mass is 19.3. The molecule has 1 rings (SSSR count). The standard InChI is InChI=1S/C13H17F4NO/c1-2-3-7-10(18)9-6-4-5-8-11(9)19-13(16,17)12(14)15/h4-6,8,10,12H,2-3,7,18H2,1H3/t10-/m0/s1. The fraction of sp³-hybridized carbons (Fsp3) is 0.538. The van der Waals surface area contributed by atoms with Crippen LogP contribution in [0.4, 0.5) is 17.6 Å². The van der Waals surface area contributed by atoms with Gasteiger partial charge in [-0.2, -0.15) is 17.6 Å². The van der Waals surface area contributed by atoms with Crippen LogP contribution in [0.3, 0.4) is 0 Å². The van der Waals surface area contributed by atoms with Gasteiger partial charge in [-0.15, -0.1) is 0 Å². The number of alkyl halides is 4. The van der Waals surface area contributed by atoms with Gasteiger partial charge in [-0.25, -0.2) is 0 Å². The van der Waals surface area contributed by atoms with E-state index in [1.807, 2.05) is 6.92 Å². The highest BCUT2D eigenvalue weighted by Crippen LogP contribution is 2.33. The van der Waals surface area contributed by atoms with E-state index in [1.165, 1.54) is 18.2 Å². The molecule has 6 heteroatoms. The predicted octanol–water partition coefficient (Wildman–Crippen LogP) is 4.11. The monoisotopic (exact) mass is 279 g/mol. The molecular weight excluding hydrogens is 262 g/mol. The van der Waals surface area contributed by atoms with Gasteiger partial charge in [-0.1, -0.05) is 38.0 Å². The summed E-state index contributed by atoms with van der Waals surface area (Å²) in [4.78, 5) is 0. The van der Waals surface area contributed by atoms with Gasteiger partial charge in [0.15, 0.2) is 0 Å². The zero-order valence-electron chi connectivity index (χ0n) is 10.6. The van der Waals surface area contributed by atoms with E-state index in [-0.39, 0.29) is 5.75 Å². The number of nitrogens with two attached hydrogens (primary N) is 1. The average Bonchev–Trinajstić information content (AvgIpc) is 2.36. The van der Waals surface area contributed by atoms with E-state index in [0.717, 1.165) is 12.8 Å². The molecule has 108 valence electrons. The normalized spacial score (nSPS) is 13.6. The van der Waals surface area contributed by atoms with Crippen molar-refractivity contribution in [3.05, 3.63) is 29.8 Å². The van der Waals surface area contributed by atoms with Gasteiger partial charge >= 0.3 is 12.5 Å². The van der Waals surface area contributed by atoms with Crippen molar-refractivity contribution in [2.75, 3.05) is 0 Å². The molecule has 0 saturated heterocycles. The maximum absolute atomic E-state index is 12.9. The van der Waals surface area contributed by atoms with E-state index in [0.29, 0.717) is 12.0 Å². The summed E-state index contributed by atoms with van der Waals surface area (Å²) in [6.45, 7) is 1.97. The third-order valence-electron chi connectivity index (χ3n) is 2.69. The Morgan fingerprint density at radius 1 is 1.26 bits per heavy atom.